The number of amides is 1. The molecule has 2 N–H and O–H groups in total. The zero-order valence-corrected chi connectivity index (χ0v) is 13.2. The number of rotatable bonds is 5. The lowest BCUT2D eigenvalue weighted by Crippen LogP contribution is -2.42. The first-order chi connectivity index (χ1) is 8.35. The minimum absolute atomic E-state index is 0.178. The van der Waals surface area contributed by atoms with Crippen molar-refractivity contribution < 1.29 is 9.90 Å². The van der Waals surface area contributed by atoms with E-state index >= 15 is 0 Å². The van der Waals surface area contributed by atoms with Gasteiger partial charge < -0.3 is 10.4 Å². The number of nitrogens with one attached hydrogen (secondary N) is 1. The molecule has 0 saturated heterocycles. The third-order valence-corrected chi connectivity index (χ3v) is 4.02. The zero-order chi connectivity index (χ0) is 13.8. The predicted octanol–water partition coefficient (Wildman–Crippen LogP) is 2.60. The van der Waals surface area contributed by atoms with E-state index in [1.165, 1.54) is 0 Å². The third-order valence-electron chi connectivity index (χ3n) is 2.45. The molecule has 0 saturated carbocycles. The molecule has 0 aliphatic heterocycles. The Bertz CT molecular complexity index is 435. The van der Waals surface area contributed by atoms with Crippen molar-refractivity contribution in [1.29, 1.82) is 0 Å². The summed E-state index contributed by atoms with van der Waals surface area (Å²) in [7, 11) is 0. The average Bonchev–Trinajstić information content (AvgIpc) is 2.26. The van der Waals surface area contributed by atoms with Crippen molar-refractivity contribution in [3.8, 4) is 0 Å². The lowest BCUT2D eigenvalue weighted by atomic mass is 10.1. The van der Waals surface area contributed by atoms with Gasteiger partial charge in [-0.2, -0.15) is 11.8 Å². The van der Waals surface area contributed by atoms with E-state index in [0.717, 1.165) is 10.0 Å². The van der Waals surface area contributed by atoms with Gasteiger partial charge in [0, 0.05) is 16.8 Å². The van der Waals surface area contributed by atoms with E-state index in [-0.39, 0.29) is 12.5 Å². The normalized spacial score (nSPS) is 14.1. The van der Waals surface area contributed by atoms with Crippen LogP contribution in [0.2, 0.25) is 0 Å². The summed E-state index contributed by atoms with van der Waals surface area (Å²) in [6, 6.07) is 5.56. The van der Waals surface area contributed by atoms with Crippen LogP contribution in [0, 0.1) is 6.92 Å². The summed E-state index contributed by atoms with van der Waals surface area (Å²) in [5.74, 6) is 0.408. The van der Waals surface area contributed by atoms with Crippen molar-refractivity contribution in [2.75, 3.05) is 18.6 Å². The van der Waals surface area contributed by atoms with E-state index in [1.54, 1.807) is 24.8 Å². The van der Waals surface area contributed by atoms with Gasteiger partial charge in [-0.25, -0.2) is 0 Å². The fraction of sp³-hybridized carbons (Fsp3) is 0.462. The van der Waals surface area contributed by atoms with Crippen LogP contribution < -0.4 is 5.32 Å². The summed E-state index contributed by atoms with van der Waals surface area (Å²) in [6.07, 6.45) is 1.92. The molecule has 1 atom stereocenters. The summed E-state index contributed by atoms with van der Waals surface area (Å²) in [5.41, 5.74) is 0.792. The summed E-state index contributed by atoms with van der Waals surface area (Å²) >= 11 is 4.92. The highest BCUT2D eigenvalue weighted by Crippen LogP contribution is 2.18. The molecule has 0 heterocycles. The number of hydrogen-bond donors (Lipinski definition) is 2. The first kappa shape index (κ1) is 15.5. The van der Waals surface area contributed by atoms with E-state index in [1.807, 2.05) is 25.3 Å². The Kier molecular flexibility index (Phi) is 5.69. The van der Waals surface area contributed by atoms with Gasteiger partial charge in [-0.15, -0.1) is 0 Å². The van der Waals surface area contributed by atoms with Crippen LogP contribution in [0.15, 0.2) is 22.7 Å². The Labute approximate surface area is 120 Å². The van der Waals surface area contributed by atoms with Gasteiger partial charge in [0.25, 0.3) is 5.91 Å². The number of carbonyl (C=O) groups is 1. The Balaban J connectivity index is 2.66. The molecule has 0 aromatic heterocycles. The Morgan fingerprint density at radius 3 is 2.78 bits per heavy atom. The highest BCUT2D eigenvalue weighted by Gasteiger charge is 2.21. The number of aliphatic hydroxyl groups is 1. The summed E-state index contributed by atoms with van der Waals surface area (Å²) in [5, 5.41) is 12.7. The molecule has 1 aromatic rings. The molecule has 0 bridgehead atoms. The molecule has 5 heteroatoms. The molecule has 18 heavy (non-hydrogen) atoms. The molecular formula is C13H18BrNO2S. The van der Waals surface area contributed by atoms with E-state index in [0.29, 0.717) is 11.3 Å². The van der Waals surface area contributed by atoms with Gasteiger partial charge in [-0.1, -0.05) is 6.07 Å². The molecule has 0 radical (unpaired) electrons. The molecule has 1 rings (SSSR count). The number of benzene rings is 1. The molecule has 0 aliphatic carbocycles. The molecule has 3 nitrogen and oxygen atoms in total. The van der Waals surface area contributed by atoms with Crippen molar-refractivity contribution >= 4 is 33.6 Å². The second-order valence-corrected chi connectivity index (χ2v) is 6.32. The average molecular weight is 332 g/mol. The maximum absolute atomic E-state index is 12.0. The first-order valence-electron chi connectivity index (χ1n) is 5.61. The number of hydrogen-bond acceptors (Lipinski definition) is 3. The highest BCUT2D eigenvalue weighted by atomic mass is 79.9. The molecule has 1 aromatic carbocycles. The smallest absolute Gasteiger partial charge is 0.252 e. The summed E-state index contributed by atoms with van der Waals surface area (Å²) < 4.78 is 0.768. The van der Waals surface area contributed by atoms with E-state index < -0.39 is 5.60 Å². The fourth-order valence-electron chi connectivity index (χ4n) is 1.53. The van der Waals surface area contributed by atoms with Gasteiger partial charge in [0.2, 0.25) is 0 Å². The molecule has 0 aliphatic rings. The molecule has 0 fully saturated rings. The first-order valence-corrected chi connectivity index (χ1v) is 7.80. The summed E-state index contributed by atoms with van der Waals surface area (Å²) in [6.45, 7) is 3.93. The van der Waals surface area contributed by atoms with Crippen molar-refractivity contribution in [2.24, 2.45) is 0 Å². The summed E-state index contributed by atoms with van der Waals surface area (Å²) in [4.78, 5) is 12.0. The van der Waals surface area contributed by atoms with Gasteiger partial charge in [0.05, 0.1) is 11.2 Å². The van der Waals surface area contributed by atoms with Crippen LogP contribution in [0.3, 0.4) is 0 Å². The highest BCUT2D eigenvalue weighted by molar-refractivity contribution is 9.10. The molecular weight excluding hydrogens is 314 g/mol. The fourth-order valence-corrected chi connectivity index (χ4v) is 2.93. The van der Waals surface area contributed by atoms with Crippen molar-refractivity contribution in [2.45, 2.75) is 19.4 Å². The van der Waals surface area contributed by atoms with Gasteiger partial charge in [-0.05, 0) is 53.7 Å². The van der Waals surface area contributed by atoms with Crippen molar-refractivity contribution in [3.63, 3.8) is 0 Å². The maximum Gasteiger partial charge on any atom is 0.252 e. The number of thioether (sulfide) groups is 1. The van der Waals surface area contributed by atoms with Crippen LogP contribution in [-0.2, 0) is 0 Å². The Hall–Kier alpha value is -0.520. The van der Waals surface area contributed by atoms with Gasteiger partial charge in [0.1, 0.15) is 0 Å². The third kappa shape index (κ3) is 4.63. The van der Waals surface area contributed by atoms with E-state index in [9.17, 15) is 9.90 Å². The quantitative estimate of drug-likeness (QED) is 0.871. The van der Waals surface area contributed by atoms with Crippen molar-refractivity contribution in [3.05, 3.63) is 33.8 Å². The standard InChI is InChI=1S/C13H18BrNO2S/c1-9-4-5-10(11(14)6-9)12(16)15-7-13(2,17)8-18-3/h4-6,17H,7-8H2,1-3H3,(H,15,16). The second-order valence-electron chi connectivity index (χ2n) is 4.60. The number of aryl methyl sites for hydroxylation is 1. The van der Waals surface area contributed by atoms with Crippen LogP contribution >= 0.6 is 27.7 Å². The molecule has 0 spiro atoms. The lowest BCUT2D eigenvalue weighted by molar-refractivity contribution is 0.0724. The SMILES string of the molecule is CSCC(C)(O)CNC(=O)c1ccc(C)cc1Br. The van der Waals surface area contributed by atoms with Crippen LogP contribution in [0.1, 0.15) is 22.8 Å². The predicted molar refractivity (Wildman–Crippen MR) is 80.2 cm³/mol. The van der Waals surface area contributed by atoms with Crippen LogP contribution in [0.4, 0.5) is 0 Å². The largest absolute Gasteiger partial charge is 0.387 e. The molecule has 1 amide bonds. The van der Waals surface area contributed by atoms with Gasteiger partial charge >= 0.3 is 0 Å². The lowest BCUT2D eigenvalue weighted by Gasteiger charge is -2.22. The Morgan fingerprint density at radius 2 is 2.22 bits per heavy atom. The number of carbonyl (C=O) groups excluding carboxylic acids is 1. The number of halogens is 1. The van der Waals surface area contributed by atoms with Crippen LogP contribution in [0.25, 0.3) is 0 Å². The monoisotopic (exact) mass is 331 g/mol. The van der Waals surface area contributed by atoms with Gasteiger partial charge in [0.15, 0.2) is 0 Å². The second kappa shape index (κ2) is 6.59. The van der Waals surface area contributed by atoms with Gasteiger partial charge in [-0.3, -0.25) is 4.79 Å². The topological polar surface area (TPSA) is 49.3 Å². The Morgan fingerprint density at radius 1 is 1.56 bits per heavy atom. The molecule has 1 unspecified atom stereocenters. The van der Waals surface area contributed by atoms with E-state index in [4.69, 9.17) is 0 Å². The van der Waals surface area contributed by atoms with E-state index in [2.05, 4.69) is 21.2 Å². The van der Waals surface area contributed by atoms with Crippen molar-refractivity contribution in [1.82, 2.24) is 5.32 Å². The van der Waals surface area contributed by atoms with Crippen LogP contribution in [-0.4, -0.2) is 35.2 Å². The zero-order valence-electron chi connectivity index (χ0n) is 10.8. The van der Waals surface area contributed by atoms with Crippen LogP contribution in [0.5, 0.6) is 0 Å². The molecule has 100 valence electrons. The minimum Gasteiger partial charge on any atom is -0.387 e. The minimum atomic E-state index is -0.883. The maximum atomic E-state index is 12.0.